The van der Waals surface area contributed by atoms with Gasteiger partial charge in [0.2, 0.25) is 0 Å². The van der Waals surface area contributed by atoms with Crippen LogP contribution < -0.4 is 0 Å². The predicted molar refractivity (Wildman–Crippen MR) is 122 cm³/mol. The molecule has 3 aliphatic rings. The maximum Gasteiger partial charge on any atom is 0.303 e. The Kier molecular flexibility index (Phi) is 6.94. The molecule has 190 valence electrons. The number of carbonyl (C=O) groups is 6. The lowest BCUT2D eigenvalue weighted by atomic mass is 9.50. The molecule has 6 atom stereocenters. The van der Waals surface area contributed by atoms with Crippen molar-refractivity contribution in [1.29, 1.82) is 0 Å². The smallest absolute Gasteiger partial charge is 0.303 e. The molecule has 9 nitrogen and oxygen atoms in total. The number of ether oxygens (including phenoxy) is 3. The highest BCUT2D eigenvalue weighted by molar-refractivity contribution is 5.98. The summed E-state index contributed by atoms with van der Waals surface area (Å²) in [5.41, 5.74) is -1.54. The van der Waals surface area contributed by atoms with Crippen LogP contribution in [0, 0.1) is 22.7 Å². The van der Waals surface area contributed by atoms with Gasteiger partial charge in [0, 0.05) is 45.4 Å². The summed E-state index contributed by atoms with van der Waals surface area (Å²) in [6.07, 6.45) is -1.75. The zero-order valence-electron chi connectivity index (χ0n) is 21.1. The first-order valence-corrected chi connectivity index (χ1v) is 11.6. The molecule has 9 heteroatoms. The summed E-state index contributed by atoms with van der Waals surface area (Å²) < 4.78 is 17.3. The van der Waals surface area contributed by atoms with Crippen LogP contribution in [0.15, 0.2) is 22.8 Å². The van der Waals surface area contributed by atoms with Gasteiger partial charge in [-0.25, -0.2) is 0 Å². The molecule has 0 aromatic heterocycles. The Morgan fingerprint density at radius 2 is 1.54 bits per heavy atom. The number of hydrogen-bond acceptors (Lipinski definition) is 9. The molecule has 2 bridgehead atoms. The highest BCUT2D eigenvalue weighted by atomic mass is 16.6. The SMILES string of the molecule is CC(=O)O[C@@H]1[C@@H]2CC(=O)C(C)=C([C@@H](OC(C)=O)[C@H](OC(C)=O)[C@]3(C)C(=O)CC=C(C=O)[C@@H]13)C2(C)C. The van der Waals surface area contributed by atoms with Gasteiger partial charge in [0.05, 0.1) is 5.41 Å². The third-order valence-electron chi connectivity index (χ3n) is 7.88. The Morgan fingerprint density at radius 1 is 0.971 bits per heavy atom. The zero-order valence-corrected chi connectivity index (χ0v) is 21.1. The summed E-state index contributed by atoms with van der Waals surface area (Å²) in [6, 6.07) is 0. The molecule has 1 saturated carbocycles. The van der Waals surface area contributed by atoms with Crippen LogP contribution in [0.2, 0.25) is 0 Å². The standard InChI is InChI=1S/C26H32O9/c1-12-18(31)10-17-22(33-13(2)28)21-16(11-27)8-9-19(32)26(21,7)24(35-15(4)30)23(34-14(3)29)20(12)25(17,5)6/h8,11,17,21-24H,9-10H2,1-7H3/t17-,21-,22+,23+,24-,26+/m0/s1. The number of Topliss-reactive ketones (excluding diaryl/α,β-unsaturated/α-hetero) is 2. The van der Waals surface area contributed by atoms with Crippen molar-refractivity contribution in [3.8, 4) is 0 Å². The van der Waals surface area contributed by atoms with E-state index in [9.17, 15) is 28.8 Å². The summed E-state index contributed by atoms with van der Waals surface area (Å²) in [5.74, 6) is -4.36. The first kappa shape index (κ1) is 26.5. The fraction of sp³-hybridized carbons (Fsp3) is 0.615. The minimum absolute atomic E-state index is 0.00177. The highest BCUT2D eigenvalue weighted by Crippen LogP contribution is 2.58. The molecule has 3 rings (SSSR count). The Bertz CT molecular complexity index is 1060. The van der Waals surface area contributed by atoms with Crippen molar-refractivity contribution < 1.29 is 43.0 Å². The molecular formula is C26H32O9. The van der Waals surface area contributed by atoms with E-state index in [0.717, 1.165) is 6.92 Å². The molecule has 0 radical (unpaired) electrons. The average molecular weight is 489 g/mol. The van der Waals surface area contributed by atoms with E-state index in [4.69, 9.17) is 14.2 Å². The topological polar surface area (TPSA) is 130 Å². The fourth-order valence-electron chi connectivity index (χ4n) is 6.32. The Labute approximate surface area is 204 Å². The second-order valence-electron chi connectivity index (χ2n) is 10.3. The number of ketones is 2. The summed E-state index contributed by atoms with van der Waals surface area (Å²) in [5, 5.41) is 0. The molecule has 0 N–H and O–H groups in total. The second-order valence-corrected chi connectivity index (χ2v) is 10.3. The molecule has 0 aromatic rings. The Morgan fingerprint density at radius 3 is 2.06 bits per heavy atom. The first-order valence-electron chi connectivity index (χ1n) is 11.6. The van der Waals surface area contributed by atoms with Crippen molar-refractivity contribution in [2.45, 2.75) is 79.6 Å². The van der Waals surface area contributed by atoms with Crippen LogP contribution >= 0.6 is 0 Å². The van der Waals surface area contributed by atoms with Gasteiger partial charge in [-0.05, 0) is 36.0 Å². The van der Waals surface area contributed by atoms with Gasteiger partial charge in [-0.1, -0.05) is 19.9 Å². The van der Waals surface area contributed by atoms with Gasteiger partial charge < -0.3 is 14.2 Å². The van der Waals surface area contributed by atoms with Crippen LogP contribution in [-0.4, -0.2) is 54.1 Å². The van der Waals surface area contributed by atoms with Crippen molar-refractivity contribution in [3.63, 3.8) is 0 Å². The van der Waals surface area contributed by atoms with Crippen molar-refractivity contribution in [3.05, 3.63) is 22.8 Å². The average Bonchev–Trinajstić information content (AvgIpc) is 2.73. The van der Waals surface area contributed by atoms with E-state index in [1.807, 2.05) is 13.8 Å². The van der Waals surface area contributed by atoms with Crippen molar-refractivity contribution >= 4 is 35.8 Å². The molecule has 0 unspecified atom stereocenters. The Balaban J connectivity index is 2.49. The maximum absolute atomic E-state index is 13.6. The van der Waals surface area contributed by atoms with Crippen LogP contribution in [0.4, 0.5) is 0 Å². The maximum atomic E-state index is 13.6. The monoisotopic (exact) mass is 488 g/mol. The number of carbonyl (C=O) groups excluding carboxylic acids is 6. The molecule has 3 aliphatic carbocycles. The lowest BCUT2D eigenvalue weighted by molar-refractivity contribution is -0.197. The van der Waals surface area contributed by atoms with Crippen molar-refractivity contribution in [1.82, 2.24) is 0 Å². The van der Waals surface area contributed by atoms with E-state index in [2.05, 4.69) is 0 Å². The summed E-state index contributed by atoms with van der Waals surface area (Å²) >= 11 is 0. The normalized spacial score (nSPS) is 34.0. The molecule has 1 fully saturated rings. The highest BCUT2D eigenvalue weighted by Gasteiger charge is 2.65. The van der Waals surface area contributed by atoms with E-state index in [-0.39, 0.29) is 30.0 Å². The van der Waals surface area contributed by atoms with Gasteiger partial charge in [-0.3, -0.25) is 28.8 Å². The van der Waals surface area contributed by atoms with E-state index < -0.39 is 58.9 Å². The quantitative estimate of drug-likeness (QED) is 0.333. The third-order valence-corrected chi connectivity index (χ3v) is 7.88. The van der Waals surface area contributed by atoms with Crippen LogP contribution in [0.3, 0.4) is 0 Å². The molecule has 35 heavy (non-hydrogen) atoms. The van der Waals surface area contributed by atoms with Crippen LogP contribution in [0.5, 0.6) is 0 Å². The largest absolute Gasteiger partial charge is 0.462 e. The zero-order chi connectivity index (χ0) is 26.5. The number of aldehydes is 1. The summed E-state index contributed by atoms with van der Waals surface area (Å²) in [6.45, 7) is 10.4. The minimum Gasteiger partial charge on any atom is -0.462 e. The molecule has 0 amide bonds. The second kappa shape index (κ2) is 9.17. The van der Waals surface area contributed by atoms with Gasteiger partial charge in [0.1, 0.15) is 18.2 Å². The van der Waals surface area contributed by atoms with E-state index in [1.54, 1.807) is 13.8 Å². The van der Waals surface area contributed by atoms with Gasteiger partial charge in [-0.2, -0.15) is 0 Å². The van der Waals surface area contributed by atoms with E-state index in [0.29, 0.717) is 17.4 Å². The number of hydrogen-bond donors (Lipinski definition) is 0. The predicted octanol–water partition coefficient (Wildman–Crippen LogP) is 2.45. The van der Waals surface area contributed by atoms with Crippen molar-refractivity contribution in [2.24, 2.45) is 22.7 Å². The molecular weight excluding hydrogens is 456 g/mol. The number of fused-ring (bicyclic) bond motifs is 3. The van der Waals surface area contributed by atoms with E-state index in [1.165, 1.54) is 19.9 Å². The summed E-state index contributed by atoms with van der Waals surface area (Å²) in [7, 11) is 0. The third kappa shape index (κ3) is 4.25. The number of esters is 3. The lowest BCUT2D eigenvalue weighted by Crippen LogP contribution is -2.65. The van der Waals surface area contributed by atoms with Crippen LogP contribution in [-0.2, 0) is 43.0 Å². The lowest BCUT2D eigenvalue weighted by Gasteiger charge is -2.57. The van der Waals surface area contributed by atoms with E-state index >= 15 is 0 Å². The number of allylic oxidation sites excluding steroid dienone is 2. The molecule has 0 aromatic carbocycles. The number of rotatable bonds is 4. The fourth-order valence-corrected chi connectivity index (χ4v) is 6.32. The van der Waals surface area contributed by atoms with Crippen LogP contribution in [0.1, 0.15) is 61.3 Å². The van der Waals surface area contributed by atoms with Gasteiger partial charge in [0.25, 0.3) is 0 Å². The molecule has 0 spiro atoms. The van der Waals surface area contributed by atoms with Gasteiger partial charge in [0.15, 0.2) is 18.0 Å². The minimum atomic E-state index is -1.60. The van der Waals surface area contributed by atoms with Gasteiger partial charge >= 0.3 is 17.9 Å². The first-order chi connectivity index (χ1) is 16.2. The summed E-state index contributed by atoms with van der Waals surface area (Å²) in [4.78, 5) is 76.0. The van der Waals surface area contributed by atoms with Crippen LogP contribution in [0.25, 0.3) is 0 Å². The molecule has 0 saturated heterocycles. The Hall–Kier alpha value is -3.10. The van der Waals surface area contributed by atoms with Crippen molar-refractivity contribution in [2.75, 3.05) is 0 Å². The molecule has 0 heterocycles. The van der Waals surface area contributed by atoms with Gasteiger partial charge in [-0.15, -0.1) is 0 Å². The molecule has 0 aliphatic heterocycles.